The van der Waals surface area contributed by atoms with Crippen molar-refractivity contribution in [3.05, 3.63) is 12.2 Å². The van der Waals surface area contributed by atoms with E-state index in [0.717, 1.165) is 32.4 Å². The first kappa shape index (κ1) is 19.3. The predicted octanol–water partition coefficient (Wildman–Crippen LogP) is 2.10. The van der Waals surface area contributed by atoms with E-state index in [2.05, 4.69) is 22.4 Å². The van der Waals surface area contributed by atoms with E-state index in [1.54, 1.807) is 0 Å². The topological polar surface area (TPSA) is 69.7 Å². The molecule has 5 rings (SSSR count). The third-order valence-electron chi connectivity index (χ3n) is 8.29. The quantitative estimate of drug-likeness (QED) is 0.568. The molecule has 2 aliphatic heterocycles. The van der Waals surface area contributed by atoms with E-state index >= 15 is 0 Å². The SMILES string of the molecule is O=C(CN1C(=O)[C@@H]2[C@H](C1=O)[C@@H]1C=C[C@H]2C1)NCC1(N2CCCCC2)CCCCC1. The minimum atomic E-state index is -0.219. The average molecular weight is 400 g/mol. The van der Waals surface area contributed by atoms with Crippen molar-refractivity contribution in [2.24, 2.45) is 23.7 Å². The molecule has 4 atom stereocenters. The van der Waals surface area contributed by atoms with Crippen molar-refractivity contribution in [2.45, 2.75) is 63.3 Å². The fourth-order valence-electron chi connectivity index (χ4n) is 6.77. The van der Waals surface area contributed by atoms with E-state index in [1.807, 2.05) is 0 Å². The third kappa shape index (κ3) is 3.24. The van der Waals surface area contributed by atoms with E-state index in [9.17, 15) is 14.4 Å². The van der Waals surface area contributed by atoms with Gasteiger partial charge in [-0.3, -0.25) is 24.2 Å². The number of hydrogen-bond donors (Lipinski definition) is 1. The second kappa shape index (κ2) is 7.53. The van der Waals surface area contributed by atoms with Crippen LogP contribution in [0.4, 0.5) is 0 Å². The number of piperidine rings is 1. The number of amides is 3. The minimum absolute atomic E-state index is 0.0624. The summed E-state index contributed by atoms with van der Waals surface area (Å²) in [5.41, 5.74) is 0.0624. The van der Waals surface area contributed by atoms with Crippen molar-refractivity contribution in [3.8, 4) is 0 Å². The van der Waals surface area contributed by atoms with Gasteiger partial charge in [-0.05, 0) is 57.0 Å². The summed E-state index contributed by atoms with van der Waals surface area (Å²) in [6.45, 7) is 2.78. The van der Waals surface area contributed by atoms with Crippen LogP contribution in [-0.4, -0.2) is 59.2 Å². The predicted molar refractivity (Wildman–Crippen MR) is 109 cm³/mol. The van der Waals surface area contributed by atoms with Crippen molar-refractivity contribution in [1.82, 2.24) is 15.1 Å². The van der Waals surface area contributed by atoms with Crippen LogP contribution in [0, 0.1) is 23.7 Å². The molecule has 6 nitrogen and oxygen atoms in total. The zero-order chi connectivity index (χ0) is 20.0. The Balaban J connectivity index is 1.21. The average Bonchev–Trinajstić information content (AvgIpc) is 3.44. The molecular formula is C23H33N3O3. The fourth-order valence-corrected chi connectivity index (χ4v) is 6.77. The van der Waals surface area contributed by atoms with Gasteiger partial charge in [0.25, 0.3) is 0 Å². The number of rotatable bonds is 5. The van der Waals surface area contributed by atoms with Crippen molar-refractivity contribution in [1.29, 1.82) is 0 Å². The Bertz CT molecular complexity index is 691. The summed E-state index contributed by atoms with van der Waals surface area (Å²) < 4.78 is 0. The van der Waals surface area contributed by atoms with Gasteiger partial charge in [-0.1, -0.05) is 37.8 Å². The largest absolute Gasteiger partial charge is 0.353 e. The van der Waals surface area contributed by atoms with Gasteiger partial charge in [0.1, 0.15) is 6.54 Å². The molecule has 3 aliphatic carbocycles. The number of nitrogens with one attached hydrogen (secondary N) is 1. The maximum atomic E-state index is 12.8. The van der Waals surface area contributed by atoms with Crippen LogP contribution in [0.3, 0.4) is 0 Å². The number of allylic oxidation sites excluding steroid dienone is 2. The Hall–Kier alpha value is -1.69. The maximum absolute atomic E-state index is 12.8. The van der Waals surface area contributed by atoms with Crippen LogP contribution in [0.1, 0.15) is 57.8 Å². The zero-order valence-corrected chi connectivity index (χ0v) is 17.3. The van der Waals surface area contributed by atoms with Gasteiger partial charge >= 0.3 is 0 Å². The van der Waals surface area contributed by atoms with Gasteiger partial charge in [0.05, 0.1) is 11.8 Å². The Morgan fingerprint density at radius 2 is 1.52 bits per heavy atom. The van der Waals surface area contributed by atoms with Crippen LogP contribution < -0.4 is 5.32 Å². The summed E-state index contributed by atoms with van der Waals surface area (Å²) in [7, 11) is 0. The number of nitrogens with zero attached hydrogens (tertiary/aromatic N) is 2. The van der Waals surface area contributed by atoms with Crippen molar-refractivity contribution < 1.29 is 14.4 Å². The molecule has 1 N–H and O–H groups in total. The molecule has 29 heavy (non-hydrogen) atoms. The molecular weight excluding hydrogens is 366 g/mol. The standard InChI is InChI=1S/C23H33N3O3/c27-18(14-26-21(28)19-16-7-8-17(13-16)20(19)22(26)29)24-15-23(9-3-1-4-10-23)25-11-5-2-6-12-25/h7-8,16-17,19-20H,1-6,9-15H2,(H,24,27)/t16-,17+,19-,20+. The molecule has 2 saturated carbocycles. The van der Waals surface area contributed by atoms with Gasteiger partial charge < -0.3 is 5.32 Å². The Labute approximate surface area is 173 Å². The van der Waals surface area contributed by atoms with E-state index in [1.165, 1.54) is 43.4 Å². The first-order valence-electron chi connectivity index (χ1n) is 11.6. The highest BCUT2D eigenvalue weighted by atomic mass is 16.2. The number of fused-ring (bicyclic) bond motifs is 5. The molecule has 0 unspecified atom stereocenters. The monoisotopic (exact) mass is 399 g/mol. The van der Waals surface area contributed by atoms with Gasteiger partial charge in [-0.15, -0.1) is 0 Å². The molecule has 4 fully saturated rings. The van der Waals surface area contributed by atoms with E-state index < -0.39 is 0 Å². The number of carbonyl (C=O) groups excluding carboxylic acids is 3. The van der Waals surface area contributed by atoms with Crippen LogP contribution in [-0.2, 0) is 14.4 Å². The first-order valence-corrected chi connectivity index (χ1v) is 11.6. The second-order valence-electron chi connectivity index (χ2n) is 9.87. The normalized spacial score (nSPS) is 35.9. The minimum Gasteiger partial charge on any atom is -0.353 e. The molecule has 0 aromatic heterocycles. The van der Waals surface area contributed by atoms with Crippen LogP contribution >= 0.6 is 0 Å². The highest BCUT2D eigenvalue weighted by Gasteiger charge is 2.59. The molecule has 0 radical (unpaired) electrons. The fraction of sp³-hybridized carbons (Fsp3) is 0.783. The van der Waals surface area contributed by atoms with Crippen molar-refractivity contribution in [3.63, 3.8) is 0 Å². The Kier molecular flexibility index (Phi) is 5.01. The van der Waals surface area contributed by atoms with Crippen LogP contribution in [0.5, 0.6) is 0 Å². The van der Waals surface area contributed by atoms with Crippen LogP contribution in [0.25, 0.3) is 0 Å². The Morgan fingerprint density at radius 1 is 0.931 bits per heavy atom. The lowest BCUT2D eigenvalue weighted by atomic mass is 9.79. The van der Waals surface area contributed by atoms with Gasteiger partial charge in [-0.2, -0.15) is 0 Å². The van der Waals surface area contributed by atoms with E-state index in [4.69, 9.17) is 0 Å². The van der Waals surface area contributed by atoms with E-state index in [-0.39, 0.29) is 53.5 Å². The number of carbonyl (C=O) groups is 3. The van der Waals surface area contributed by atoms with Gasteiger partial charge in [0, 0.05) is 12.1 Å². The second-order valence-corrected chi connectivity index (χ2v) is 9.87. The first-order chi connectivity index (χ1) is 14.1. The van der Waals surface area contributed by atoms with Crippen LogP contribution in [0.2, 0.25) is 0 Å². The molecule has 0 aromatic rings. The lowest BCUT2D eigenvalue weighted by Crippen LogP contribution is -2.58. The van der Waals surface area contributed by atoms with Gasteiger partial charge in [-0.25, -0.2) is 0 Å². The summed E-state index contributed by atoms with van der Waals surface area (Å²) in [6.07, 6.45) is 14.9. The summed E-state index contributed by atoms with van der Waals surface area (Å²) in [5, 5.41) is 3.12. The molecule has 3 amide bonds. The number of hydrogen-bond acceptors (Lipinski definition) is 4. The molecule has 0 aromatic carbocycles. The van der Waals surface area contributed by atoms with E-state index in [0.29, 0.717) is 6.54 Å². The summed E-state index contributed by atoms with van der Waals surface area (Å²) in [6, 6.07) is 0. The third-order valence-corrected chi connectivity index (χ3v) is 8.29. The van der Waals surface area contributed by atoms with Gasteiger partial charge in [0.2, 0.25) is 17.7 Å². The lowest BCUT2D eigenvalue weighted by molar-refractivity contribution is -0.144. The number of imide groups is 1. The molecule has 6 heteroatoms. The maximum Gasteiger partial charge on any atom is 0.240 e. The van der Waals surface area contributed by atoms with Crippen molar-refractivity contribution >= 4 is 17.7 Å². The Morgan fingerprint density at radius 3 is 2.14 bits per heavy atom. The van der Waals surface area contributed by atoms with Gasteiger partial charge in [0.15, 0.2) is 0 Å². The zero-order valence-electron chi connectivity index (χ0n) is 17.3. The summed E-state index contributed by atoms with van der Waals surface area (Å²) in [4.78, 5) is 42.3. The molecule has 158 valence electrons. The molecule has 2 bridgehead atoms. The van der Waals surface area contributed by atoms with Crippen LogP contribution in [0.15, 0.2) is 12.2 Å². The lowest BCUT2D eigenvalue weighted by Gasteiger charge is -2.48. The molecule has 2 saturated heterocycles. The smallest absolute Gasteiger partial charge is 0.240 e. The van der Waals surface area contributed by atoms with Crippen molar-refractivity contribution in [2.75, 3.05) is 26.2 Å². The highest BCUT2D eigenvalue weighted by Crippen LogP contribution is 2.52. The molecule has 5 aliphatic rings. The highest BCUT2D eigenvalue weighted by molar-refractivity contribution is 6.08. The number of likely N-dealkylation sites (tertiary alicyclic amines) is 2. The summed E-state index contributed by atoms with van der Waals surface area (Å²) >= 11 is 0. The summed E-state index contributed by atoms with van der Waals surface area (Å²) in [5.74, 6) is -0.496. The molecule has 0 spiro atoms. The molecule has 2 heterocycles.